The van der Waals surface area contributed by atoms with Gasteiger partial charge in [-0.15, -0.1) is 11.5 Å². The second-order valence-electron chi connectivity index (χ2n) is 4.51. The van der Waals surface area contributed by atoms with E-state index in [0.29, 0.717) is 5.69 Å². The van der Waals surface area contributed by atoms with Crippen LogP contribution in [-0.2, 0) is 11.3 Å². The fraction of sp³-hybridized carbons (Fsp3) is 0.0625. The molecule has 3 rings (SSSR count). The van der Waals surface area contributed by atoms with Gasteiger partial charge in [0.05, 0.1) is 5.52 Å². The number of benzene rings is 2. The van der Waals surface area contributed by atoms with Gasteiger partial charge >= 0.3 is 0 Å². The molecule has 0 radical (unpaired) electrons. The van der Waals surface area contributed by atoms with Gasteiger partial charge in [0.1, 0.15) is 12.1 Å². The number of para-hydroxylation sites is 1. The van der Waals surface area contributed by atoms with Crippen molar-refractivity contribution in [3.05, 3.63) is 54.1 Å². The van der Waals surface area contributed by atoms with E-state index < -0.39 is 0 Å². The highest BCUT2D eigenvalue weighted by atomic mass is 16.2. The SMILES string of the molecule is C#Cc1cccc(NC(=O)Cn2nnc3ccccc32)c1. The van der Waals surface area contributed by atoms with Crippen LogP contribution in [0, 0.1) is 12.3 Å². The number of terminal acetylenes is 1. The summed E-state index contributed by atoms with van der Waals surface area (Å²) in [6.07, 6.45) is 5.34. The predicted molar refractivity (Wildman–Crippen MR) is 80.5 cm³/mol. The molecule has 0 bridgehead atoms. The van der Waals surface area contributed by atoms with Crippen molar-refractivity contribution in [1.82, 2.24) is 15.0 Å². The summed E-state index contributed by atoms with van der Waals surface area (Å²) in [7, 11) is 0. The third kappa shape index (κ3) is 2.74. The average molecular weight is 276 g/mol. The van der Waals surface area contributed by atoms with Gasteiger partial charge in [-0.2, -0.15) is 0 Å². The Labute approximate surface area is 121 Å². The van der Waals surface area contributed by atoms with Crippen LogP contribution in [0.5, 0.6) is 0 Å². The lowest BCUT2D eigenvalue weighted by molar-refractivity contribution is -0.116. The Balaban J connectivity index is 1.76. The van der Waals surface area contributed by atoms with E-state index >= 15 is 0 Å². The Hall–Kier alpha value is -3.13. The van der Waals surface area contributed by atoms with Crippen molar-refractivity contribution >= 4 is 22.6 Å². The fourth-order valence-electron chi connectivity index (χ4n) is 2.06. The third-order valence-electron chi connectivity index (χ3n) is 3.03. The molecule has 0 saturated carbocycles. The second-order valence-corrected chi connectivity index (χ2v) is 4.51. The Kier molecular flexibility index (Phi) is 3.36. The van der Waals surface area contributed by atoms with E-state index in [2.05, 4.69) is 21.5 Å². The van der Waals surface area contributed by atoms with Gasteiger partial charge in [0, 0.05) is 11.3 Å². The third-order valence-corrected chi connectivity index (χ3v) is 3.03. The molecule has 1 heterocycles. The number of hydrogen-bond donors (Lipinski definition) is 1. The first-order valence-electron chi connectivity index (χ1n) is 6.41. The molecule has 5 heteroatoms. The van der Waals surface area contributed by atoms with Crippen LogP contribution in [0.2, 0.25) is 0 Å². The summed E-state index contributed by atoms with van der Waals surface area (Å²) in [5.74, 6) is 2.35. The van der Waals surface area contributed by atoms with Gasteiger partial charge < -0.3 is 5.32 Å². The molecule has 0 aliphatic rings. The van der Waals surface area contributed by atoms with Crippen LogP contribution in [0.3, 0.4) is 0 Å². The Morgan fingerprint density at radius 2 is 2.10 bits per heavy atom. The molecule has 0 fully saturated rings. The molecule has 3 aromatic rings. The molecule has 2 aromatic carbocycles. The number of nitrogens with zero attached hydrogens (tertiary/aromatic N) is 3. The highest BCUT2D eigenvalue weighted by molar-refractivity contribution is 5.91. The van der Waals surface area contributed by atoms with E-state index in [1.807, 2.05) is 24.3 Å². The minimum Gasteiger partial charge on any atom is -0.324 e. The molecule has 1 amide bonds. The smallest absolute Gasteiger partial charge is 0.246 e. The number of hydrogen-bond acceptors (Lipinski definition) is 3. The zero-order valence-electron chi connectivity index (χ0n) is 11.2. The van der Waals surface area contributed by atoms with E-state index in [0.717, 1.165) is 16.6 Å². The minimum absolute atomic E-state index is 0.0980. The highest BCUT2D eigenvalue weighted by Gasteiger charge is 2.08. The average Bonchev–Trinajstić information content (AvgIpc) is 2.91. The van der Waals surface area contributed by atoms with Gasteiger partial charge in [-0.3, -0.25) is 4.79 Å². The number of nitrogens with one attached hydrogen (secondary N) is 1. The first-order chi connectivity index (χ1) is 10.3. The molecule has 5 nitrogen and oxygen atoms in total. The number of aromatic nitrogens is 3. The molecule has 0 aliphatic carbocycles. The Morgan fingerprint density at radius 3 is 2.95 bits per heavy atom. The quantitative estimate of drug-likeness (QED) is 0.745. The molecule has 102 valence electrons. The van der Waals surface area contributed by atoms with Crippen molar-refractivity contribution in [3.8, 4) is 12.3 Å². The summed E-state index contributed by atoms with van der Waals surface area (Å²) in [6.45, 7) is 0.0980. The van der Waals surface area contributed by atoms with Crippen LogP contribution in [0.4, 0.5) is 5.69 Å². The van der Waals surface area contributed by atoms with E-state index in [1.165, 1.54) is 0 Å². The van der Waals surface area contributed by atoms with Crippen molar-refractivity contribution in [1.29, 1.82) is 0 Å². The molecular weight excluding hydrogens is 264 g/mol. The molecule has 0 aliphatic heterocycles. The topological polar surface area (TPSA) is 59.8 Å². The van der Waals surface area contributed by atoms with Crippen molar-refractivity contribution in [2.75, 3.05) is 5.32 Å². The van der Waals surface area contributed by atoms with E-state index in [9.17, 15) is 4.79 Å². The number of rotatable bonds is 3. The van der Waals surface area contributed by atoms with Gasteiger partial charge in [-0.1, -0.05) is 29.3 Å². The first kappa shape index (κ1) is 12.9. The van der Waals surface area contributed by atoms with Crippen LogP contribution in [0.25, 0.3) is 11.0 Å². The maximum absolute atomic E-state index is 12.1. The van der Waals surface area contributed by atoms with Crippen molar-refractivity contribution in [2.45, 2.75) is 6.54 Å². The Morgan fingerprint density at radius 1 is 1.24 bits per heavy atom. The van der Waals surface area contributed by atoms with Gasteiger partial charge in [0.2, 0.25) is 5.91 Å². The molecule has 0 unspecified atom stereocenters. The lowest BCUT2D eigenvalue weighted by Gasteiger charge is -2.06. The lowest BCUT2D eigenvalue weighted by atomic mass is 10.2. The van der Waals surface area contributed by atoms with Crippen molar-refractivity contribution in [3.63, 3.8) is 0 Å². The van der Waals surface area contributed by atoms with Gasteiger partial charge in [0.25, 0.3) is 0 Å². The number of carbonyl (C=O) groups excluding carboxylic acids is 1. The number of carbonyl (C=O) groups is 1. The summed E-state index contributed by atoms with van der Waals surface area (Å²) < 4.78 is 1.57. The standard InChI is InChI=1S/C16H12N4O/c1-2-12-6-5-7-13(10-12)17-16(21)11-20-15-9-4-3-8-14(15)18-19-20/h1,3-10H,11H2,(H,17,21). The maximum Gasteiger partial charge on any atom is 0.246 e. The van der Waals surface area contributed by atoms with Gasteiger partial charge in [-0.05, 0) is 30.3 Å². The molecule has 0 atom stereocenters. The lowest BCUT2D eigenvalue weighted by Crippen LogP contribution is -2.19. The summed E-state index contributed by atoms with van der Waals surface area (Å²) in [5, 5.41) is 10.8. The maximum atomic E-state index is 12.1. The second kappa shape index (κ2) is 5.47. The van der Waals surface area contributed by atoms with E-state index in [4.69, 9.17) is 6.42 Å². The van der Waals surface area contributed by atoms with Crippen LogP contribution in [-0.4, -0.2) is 20.9 Å². The normalized spacial score (nSPS) is 10.2. The van der Waals surface area contributed by atoms with Crippen LogP contribution in [0.1, 0.15) is 5.56 Å². The first-order valence-corrected chi connectivity index (χ1v) is 6.41. The molecular formula is C16H12N4O. The number of fused-ring (bicyclic) bond motifs is 1. The van der Waals surface area contributed by atoms with E-state index in [-0.39, 0.29) is 12.5 Å². The molecule has 0 spiro atoms. The summed E-state index contributed by atoms with van der Waals surface area (Å²) >= 11 is 0. The van der Waals surface area contributed by atoms with Gasteiger partial charge in [0.15, 0.2) is 0 Å². The van der Waals surface area contributed by atoms with E-state index in [1.54, 1.807) is 28.9 Å². The van der Waals surface area contributed by atoms with Crippen LogP contribution >= 0.6 is 0 Å². The minimum atomic E-state index is -0.181. The fourth-order valence-corrected chi connectivity index (χ4v) is 2.06. The highest BCUT2D eigenvalue weighted by Crippen LogP contribution is 2.12. The zero-order chi connectivity index (χ0) is 14.7. The monoisotopic (exact) mass is 276 g/mol. The molecule has 21 heavy (non-hydrogen) atoms. The van der Waals surface area contributed by atoms with Crippen LogP contribution < -0.4 is 5.32 Å². The predicted octanol–water partition coefficient (Wildman–Crippen LogP) is 2.05. The molecule has 1 N–H and O–H groups in total. The summed E-state index contributed by atoms with van der Waals surface area (Å²) in [6, 6.07) is 14.6. The van der Waals surface area contributed by atoms with Crippen molar-refractivity contribution < 1.29 is 4.79 Å². The van der Waals surface area contributed by atoms with Gasteiger partial charge in [-0.25, -0.2) is 4.68 Å². The largest absolute Gasteiger partial charge is 0.324 e. The number of anilines is 1. The molecule has 1 aromatic heterocycles. The number of amides is 1. The van der Waals surface area contributed by atoms with Crippen molar-refractivity contribution in [2.24, 2.45) is 0 Å². The summed E-state index contributed by atoms with van der Waals surface area (Å²) in [5.41, 5.74) is 2.98. The molecule has 0 saturated heterocycles. The Bertz CT molecular complexity index is 845. The zero-order valence-corrected chi connectivity index (χ0v) is 11.2. The summed E-state index contributed by atoms with van der Waals surface area (Å²) in [4.78, 5) is 12.1. The van der Waals surface area contributed by atoms with Crippen LogP contribution in [0.15, 0.2) is 48.5 Å².